The second-order valence-corrected chi connectivity index (χ2v) is 5.67. The van der Waals surface area contributed by atoms with Gasteiger partial charge in [-0.2, -0.15) is 0 Å². The third-order valence-electron chi connectivity index (χ3n) is 3.91. The maximum Gasteiger partial charge on any atom is 0.256 e. The number of fused-ring (bicyclic) bond motifs is 1. The Morgan fingerprint density at radius 3 is 2.67 bits per heavy atom. The first kappa shape index (κ1) is 13.9. The third-order valence-corrected chi connectivity index (χ3v) is 4.25. The molecule has 0 atom stereocenters. The molecular weight excluding hydrogens is 284 g/mol. The van der Waals surface area contributed by atoms with E-state index in [0.717, 1.165) is 18.4 Å². The number of thiocarbonyl (C=S) groups is 1. The normalized spacial score (nSPS) is 16.1. The number of piperidine rings is 1. The summed E-state index contributed by atoms with van der Waals surface area (Å²) in [7, 11) is 0. The average Bonchev–Trinajstić information content (AvgIpc) is 2.53. The van der Waals surface area contributed by atoms with Gasteiger partial charge in [0.25, 0.3) is 5.91 Å². The largest absolute Gasteiger partial charge is 0.393 e. The van der Waals surface area contributed by atoms with E-state index < -0.39 is 0 Å². The van der Waals surface area contributed by atoms with Crippen molar-refractivity contribution < 1.29 is 4.79 Å². The van der Waals surface area contributed by atoms with Crippen molar-refractivity contribution in [2.75, 3.05) is 13.1 Å². The summed E-state index contributed by atoms with van der Waals surface area (Å²) in [6.07, 6.45) is 4.90. The highest BCUT2D eigenvalue weighted by Gasteiger charge is 2.26. The highest BCUT2D eigenvalue weighted by Crippen LogP contribution is 2.21. The van der Waals surface area contributed by atoms with Crippen LogP contribution in [0, 0.1) is 5.92 Å². The second kappa shape index (κ2) is 5.73. The van der Waals surface area contributed by atoms with Crippen LogP contribution in [0.1, 0.15) is 23.2 Å². The molecule has 1 saturated heterocycles. The van der Waals surface area contributed by atoms with Crippen LogP contribution in [0.25, 0.3) is 11.0 Å². The van der Waals surface area contributed by atoms with E-state index >= 15 is 0 Å². The van der Waals surface area contributed by atoms with Crippen molar-refractivity contribution in [2.45, 2.75) is 12.8 Å². The zero-order valence-electron chi connectivity index (χ0n) is 11.5. The molecule has 0 spiro atoms. The second-order valence-electron chi connectivity index (χ2n) is 5.20. The van der Waals surface area contributed by atoms with Crippen LogP contribution in [0.2, 0.25) is 0 Å². The summed E-state index contributed by atoms with van der Waals surface area (Å²) >= 11 is 5.03. The summed E-state index contributed by atoms with van der Waals surface area (Å²) in [5.74, 6) is 0.249. The van der Waals surface area contributed by atoms with Crippen LogP contribution < -0.4 is 5.73 Å². The van der Waals surface area contributed by atoms with Crippen molar-refractivity contribution in [1.82, 2.24) is 14.9 Å². The van der Waals surface area contributed by atoms with E-state index in [9.17, 15) is 4.79 Å². The molecule has 1 aliphatic heterocycles. The number of carbonyl (C=O) groups is 1. The van der Waals surface area contributed by atoms with E-state index in [4.69, 9.17) is 18.0 Å². The molecule has 1 amide bonds. The average molecular weight is 300 g/mol. The lowest BCUT2D eigenvalue weighted by Gasteiger charge is -2.31. The van der Waals surface area contributed by atoms with Gasteiger partial charge in [-0.3, -0.25) is 14.8 Å². The van der Waals surface area contributed by atoms with Crippen molar-refractivity contribution in [3.8, 4) is 0 Å². The molecule has 2 aromatic rings. The van der Waals surface area contributed by atoms with Crippen molar-refractivity contribution >= 4 is 34.1 Å². The molecular formula is C15H16N4OS. The first-order chi connectivity index (χ1) is 10.2. The van der Waals surface area contributed by atoms with Gasteiger partial charge < -0.3 is 10.6 Å². The Kier molecular flexibility index (Phi) is 3.79. The van der Waals surface area contributed by atoms with E-state index in [0.29, 0.717) is 29.2 Å². The van der Waals surface area contributed by atoms with Crippen LogP contribution >= 0.6 is 12.2 Å². The number of para-hydroxylation sites is 1. The molecule has 0 bridgehead atoms. The van der Waals surface area contributed by atoms with E-state index in [1.165, 1.54) is 0 Å². The predicted molar refractivity (Wildman–Crippen MR) is 85.0 cm³/mol. The van der Waals surface area contributed by atoms with Crippen LogP contribution in [0.15, 0.2) is 30.6 Å². The lowest BCUT2D eigenvalue weighted by atomic mass is 9.96. The number of rotatable bonds is 2. The highest BCUT2D eigenvalue weighted by molar-refractivity contribution is 7.80. The molecule has 1 aliphatic rings. The number of aromatic nitrogens is 2. The topological polar surface area (TPSA) is 72.1 Å². The fourth-order valence-corrected chi connectivity index (χ4v) is 2.94. The number of hydrogen-bond acceptors (Lipinski definition) is 4. The monoisotopic (exact) mass is 300 g/mol. The van der Waals surface area contributed by atoms with Gasteiger partial charge in [-0.15, -0.1) is 0 Å². The molecule has 0 aliphatic carbocycles. The van der Waals surface area contributed by atoms with E-state index in [1.807, 2.05) is 17.0 Å². The summed E-state index contributed by atoms with van der Waals surface area (Å²) in [6, 6.07) is 5.50. The Balaban J connectivity index is 1.84. The Morgan fingerprint density at radius 1 is 1.24 bits per heavy atom. The van der Waals surface area contributed by atoms with E-state index in [-0.39, 0.29) is 11.8 Å². The van der Waals surface area contributed by atoms with Crippen molar-refractivity contribution in [1.29, 1.82) is 0 Å². The van der Waals surface area contributed by atoms with Gasteiger partial charge in [-0.05, 0) is 25.0 Å². The van der Waals surface area contributed by atoms with Gasteiger partial charge in [0, 0.05) is 31.4 Å². The molecule has 1 aromatic carbocycles. The summed E-state index contributed by atoms with van der Waals surface area (Å²) in [5, 5.41) is 0. The molecule has 2 N–H and O–H groups in total. The zero-order chi connectivity index (χ0) is 14.8. The highest BCUT2D eigenvalue weighted by atomic mass is 32.1. The predicted octanol–water partition coefficient (Wildman–Crippen LogP) is 1.77. The number of nitrogens with two attached hydrogens (primary N) is 1. The summed E-state index contributed by atoms with van der Waals surface area (Å²) in [6.45, 7) is 1.36. The molecule has 0 radical (unpaired) electrons. The third kappa shape index (κ3) is 2.71. The maximum absolute atomic E-state index is 12.7. The lowest BCUT2D eigenvalue weighted by Crippen LogP contribution is -2.41. The fourth-order valence-electron chi connectivity index (χ4n) is 2.70. The van der Waals surface area contributed by atoms with Gasteiger partial charge in [-0.25, -0.2) is 0 Å². The summed E-state index contributed by atoms with van der Waals surface area (Å²) < 4.78 is 0. The lowest BCUT2D eigenvalue weighted by molar-refractivity contribution is 0.0712. The summed E-state index contributed by atoms with van der Waals surface area (Å²) in [4.78, 5) is 23.6. The van der Waals surface area contributed by atoms with E-state index in [1.54, 1.807) is 18.5 Å². The summed E-state index contributed by atoms with van der Waals surface area (Å²) in [5.41, 5.74) is 7.68. The van der Waals surface area contributed by atoms with Gasteiger partial charge in [-0.1, -0.05) is 18.3 Å². The Bertz CT molecular complexity index is 690. The Hall–Kier alpha value is -2.08. The molecule has 1 fully saturated rings. The minimum absolute atomic E-state index is 0.00231. The van der Waals surface area contributed by atoms with E-state index in [2.05, 4.69) is 9.97 Å². The van der Waals surface area contributed by atoms with Crippen LogP contribution in [0.5, 0.6) is 0 Å². The molecule has 6 heteroatoms. The number of benzene rings is 1. The Morgan fingerprint density at radius 2 is 1.95 bits per heavy atom. The van der Waals surface area contributed by atoms with Gasteiger partial charge in [0.05, 0.1) is 16.1 Å². The Labute approximate surface area is 128 Å². The van der Waals surface area contributed by atoms with Crippen molar-refractivity contribution in [3.05, 3.63) is 36.2 Å². The SMILES string of the molecule is NC(=S)C1CCN(C(=O)c2cccc3nccnc23)CC1. The van der Waals surface area contributed by atoms with Crippen LogP contribution in [0.3, 0.4) is 0 Å². The number of amides is 1. The molecule has 0 saturated carbocycles. The number of nitrogens with zero attached hydrogens (tertiary/aromatic N) is 3. The molecule has 21 heavy (non-hydrogen) atoms. The number of likely N-dealkylation sites (tertiary alicyclic amines) is 1. The van der Waals surface area contributed by atoms with Gasteiger partial charge in [0.2, 0.25) is 0 Å². The standard InChI is InChI=1S/C15H16N4OS/c16-14(21)10-4-8-19(9-5-10)15(20)11-2-1-3-12-13(11)18-7-6-17-12/h1-3,6-7,10H,4-5,8-9H2,(H2,16,21). The maximum atomic E-state index is 12.7. The quantitative estimate of drug-likeness (QED) is 0.856. The van der Waals surface area contributed by atoms with Gasteiger partial charge in [0.15, 0.2) is 0 Å². The van der Waals surface area contributed by atoms with Gasteiger partial charge >= 0.3 is 0 Å². The van der Waals surface area contributed by atoms with Crippen molar-refractivity contribution in [3.63, 3.8) is 0 Å². The first-order valence-electron chi connectivity index (χ1n) is 6.95. The van der Waals surface area contributed by atoms with Crippen LogP contribution in [0.4, 0.5) is 0 Å². The van der Waals surface area contributed by atoms with Crippen LogP contribution in [-0.2, 0) is 0 Å². The molecule has 108 valence electrons. The van der Waals surface area contributed by atoms with Gasteiger partial charge in [0.1, 0.15) is 5.52 Å². The minimum atomic E-state index is 0.00231. The fraction of sp³-hybridized carbons (Fsp3) is 0.333. The first-order valence-corrected chi connectivity index (χ1v) is 7.36. The number of carbonyl (C=O) groups excluding carboxylic acids is 1. The van der Waals surface area contributed by atoms with Crippen LogP contribution in [-0.4, -0.2) is 38.9 Å². The molecule has 0 unspecified atom stereocenters. The minimum Gasteiger partial charge on any atom is -0.393 e. The smallest absolute Gasteiger partial charge is 0.256 e. The molecule has 1 aromatic heterocycles. The molecule has 2 heterocycles. The zero-order valence-corrected chi connectivity index (χ0v) is 12.3. The van der Waals surface area contributed by atoms with Crippen molar-refractivity contribution in [2.24, 2.45) is 11.7 Å². The molecule has 5 nitrogen and oxygen atoms in total. The number of hydrogen-bond donors (Lipinski definition) is 1. The molecule has 3 rings (SSSR count).